The molecule has 0 radical (unpaired) electrons. The largest absolute Gasteiger partial charge is 0.350 e. The number of hydrogen-bond donors (Lipinski definition) is 1. The van der Waals surface area contributed by atoms with Gasteiger partial charge in [-0.2, -0.15) is 5.10 Å². The van der Waals surface area contributed by atoms with E-state index in [2.05, 4.69) is 20.5 Å². The number of para-hydroxylation sites is 1. The highest BCUT2D eigenvalue weighted by Crippen LogP contribution is 2.36. The normalized spacial score (nSPS) is 20.9. The minimum Gasteiger partial charge on any atom is -0.350 e. The summed E-state index contributed by atoms with van der Waals surface area (Å²) in [6, 6.07) is 6.92. The van der Waals surface area contributed by atoms with Gasteiger partial charge in [-0.15, -0.1) is 0 Å². The van der Waals surface area contributed by atoms with E-state index in [1.807, 2.05) is 0 Å². The smallest absolute Gasteiger partial charge is 0.290 e. The molecule has 1 aliphatic heterocycles. The average molecular weight is 421 g/mol. The average Bonchev–Trinajstić information content (AvgIpc) is 3.40. The topological polar surface area (TPSA) is 76.2 Å². The molecular weight excluding hydrogens is 397 g/mol. The summed E-state index contributed by atoms with van der Waals surface area (Å²) < 4.78 is 21.6. The van der Waals surface area contributed by atoms with E-state index in [-0.39, 0.29) is 17.8 Å². The van der Waals surface area contributed by atoms with Crippen LogP contribution in [0.2, 0.25) is 0 Å². The molecule has 1 atom stereocenters. The summed E-state index contributed by atoms with van der Waals surface area (Å²) >= 11 is 0. The number of rotatable bonds is 4. The highest BCUT2D eigenvalue weighted by molar-refractivity contribution is 5.93. The molecule has 31 heavy (non-hydrogen) atoms. The van der Waals surface area contributed by atoms with Gasteiger partial charge in [-0.05, 0) is 50.7 Å². The van der Waals surface area contributed by atoms with Crippen molar-refractivity contribution in [1.29, 1.82) is 0 Å². The number of carbonyl (C=O) groups is 1. The third-order valence-electron chi connectivity index (χ3n) is 6.66. The van der Waals surface area contributed by atoms with Crippen LogP contribution in [0.15, 0.2) is 35.0 Å². The molecule has 1 aromatic carbocycles. The predicted octanol–water partition coefficient (Wildman–Crippen LogP) is 3.33. The maximum atomic E-state index is 14.5. The molecule has 0 saturated heterocycles. The highest BCUT2D eigenvalue weighted by atomic mass is 19.1. The SMILES string of the molecule is O=C(NC1CN(C2CC2)Cc2c1cnn2-c1ccccc1F)c1onc2c1CCCC2. The minimum atomic E-state index is -0.314. The molecule has 8 heteroatoms. The van der Waals surface area contributed by atoms with Crippen molar-refractivity contribution in [2.45, 2.75) is 57.2 Å². The van der Waals surface area contributed by atoms with Gasteiger partial charge in [0.25, 0.3) is 5.91 Å². The van der Waals surface area contributed by atoms with Gasteiger partial charge in [-0.25, -0.2) is 9.07 Å². The monoisotopic (exact) mass is 421 g/mol. The van der Waals surface area contributed by atoms with Crippen molar-refractivity contribution >= 4 is 5.91 Å². The Labute approximate surface area is 179 Å². The first kappa shape index (κ1) is 18.7. The van der Waals surface area contributed by atoms with Gasteiger partial charge >= 0.3 is 0 Å². The first-order chi connectivity index (χ1) is 15.2. The summed E-state index contributed by atoms with van der Waals surface area (Å²) in [6.45, 7) is 1.40. The van der Waals surface area contributed by atoms with Crippen LogP contribution in [0.4, 0.5) is 4.39 Å². The molecular formula is C23H24FN5O2. The summed E-state index contributed by atoms with van der Waals surface area (Å²) in [4.78, 5) is 15.5. The van der Waals surface area contributed by atoms with Gasteiger partial charge < -0.3 is 9.84 Å². The number of carbonyl (C=O) groups excluding carboxylic acids is 1. The zero-order chi connectivity index (χ0) is 20.9. The maximum absolute atomic E-state index is 14.5. The number of aryl methyl sites for hydroxylation is 1. The lowest BCUT2D eigenvalue weighted by Crippen LogP contribution is -2.43. The Morgan fingerprint density at radius 3 is 2.87 bits per heavy atom. The van der Waals surface area contributed by atoms with Crippen LogP contribution < -0.4 is 5.32 Å². The fourth-order valence-corrected chi connectivity index (χ4v) is 4.89. The zero-order valence-corrected chi connectivity index (χ0v) is 17.2. The lowest BCUT2D eigenvalue weighted by atomic mass is 9.95. The number of benzene rings is 1. The highest BCUT2D eigenvalue weighted by Gasteiger charge is 2.38. The Morgan fingerprint density at radius 1 is 1.19 bits per heavy atom. The number of halogens is 1. The second-order valence-electron chi connectivity index (χ2n) is 8.74. The van der Waals surface area contributed by atoms with Crippen LogP contribution in [0, 0.1) is 5.82 Å². The molecule has 1 fully saturated rings. The van der Waals surface area contributed by atoms with E-state index in [0.29, 0.717) is 30.6 Å². The third kappa shape index (κ3) is 3.26. The van der Waals surface area contributed by atoms with E-state index < -0.39 is 0 Å². The Bertz CT molecular complexity index is 1150. The van der Waals surface area contributed by atoms with Gasteiger partial charge in [-0.1, -0.05) is 17.3 Å². The lowest BCUT2D eigenvalue weighted by molar-refractivity contribution is 0.0874. The molecule has 0 spiro atoms. The van der Waals surface area contributed by atoms with E-state index in [9.17, 15) is 9.18 Å². The summed E-state index contributed by atoms with van der Waals surface area (Å²) in [5.74, 6) is -0.213. The van der Waals surface area contributed by atoms with Gasteiger partial charge in [0.05, 0.1) is 23.6 Å². The fraction of sp³-hybridized carbons (Fsp3) is 0.435. The van der Waals surface area contributed by atoms with Crippen LogP contribution in [-0.2, 0) is 19.4 Å². The molecule has 2 aromatic heterocycles. The molecule has 1 unspecified atom stereocenters. The van der Waals surface area contributed by atoms with Crippen LogP contribution in [0.1, 0.15) is 64.8 Å². The first-order valence-electron chi connectivity index (χ1n) is 11.0. The van der Waals surface area contributed by atoms with Crippen molar-refractivity contribution in [3.8, 4) is 5.69 Å². The standard InChI is InChI=1S/C23H24FN5O2/c24-17-6-2-4-8-20(17)29-21-13-28(14-9-10-14)12-19(16(21)11-25-29)26-23(30)22-15-5-1-3-7-18(15)27-31-22/h2,4,6,8,11,14,19H,1,3,5,7,9-10,12-13H2,(H,26,30). The van der Waals surface area contributed by atoms with Crippen LogP contribution in [0.3, 0.4) is 0 Å². The second-order valence-corrected chi connectivity index (χ2v) is 8.74. The number of aromatic nitrogens is 3. The molecule has 2 aliphatic carbocycles. The molecule has 0 bridgehead atoms. The van der Waals surface area contributed by atoms with Crippen molar-refractivity contribution in [2.75, 3.05) is 6.54 Å². The Morgan fingerprint density at radius 2 is 2.03 bits per heavy atom. The summed E-state index contributed by atoms with van der Waals surface area (Å²) in [5.41, 5.74) is 4.14. The minimum absolute atomic E-state index is 0.233. The van der Waals surface area contributed by atoms with Gasteiger partial charge in [-0.3, -0.25) is 9.69 Å². The summed E-state index contributed by atoms with van der Waals surface area (Å²) in [7, 11) is 0. The second kappa shape index (κ2) is 7.30. The van der Waals surface area contributed by atoms with Crippen LogP contribution in [-0.4, -0.2) is 38.3 Å². The lowest BCUT2D eigenvalue weighted by Gasteiger charge is -2.33. The number of amides is 1. The zero-order valence-electron chi connectivity index (χ0n) is 17.2. The molecule has 1 saturated carbocycles. The van der Waals surface area contributed by atoms with E-state index >= 15 is 0 Å². The van der Waals surface area contributed by atoms with Crippen molar-refractivity contribution in [1.82, 2.24) is 25.2 Å². The predicted molar refractivity (Wildman–Crippen MR) is 110 cm³/mol. The van der Waals surface area contributed by atoms with E-state index in [1.54, 1.807) is 29.1 Å². The Kier molecular flexibility index (Phi) is 4.41. The van der Waals surface area contributed by atoms with E-state index in [4.69, 9.17) is 4.52 Å². The van der Waals surface area contributed by atoms with Crippen LogP contribution in [0.5, 0.6) is 0 Å². The fourth-order valence-electron chi connectivity index (χ4n) is 4.89. The van der Waals surface area contributed by atoms with Gasteiger partial charge in [0.2, 0.25) is 5.76 Å². The number of hydrogen-bond acceptors (Lipinski definition) is 5. The van der Waals surface area contributed by atoms with E-state index in [1.165, 1.54) is 6.07 Å². The molecule has 160 valence electrons. The quantitative estimate of drug-likeness (QED) is 0.699. The molecule has 1 N–H and O–H groups in total. The molecule has 3 aromatic rings. The molecule has 1 amide bonds. The van der Waals surface area contributed by atoms with Crippen molar-refractivity contribution in [3.05, 3.63) is 64.6 Å². The Hall–Kier alpha value is -3.00. The third-order valence-corrected chi connectivity index (χ3v) is 6.66. The van der Waals surface area contributed by atoms with Gasteiger partial charge in [0.1, 0.15) is 11.5 Å². The first-order valence-corrected chi connectivity index (χ1v) is 11.0. The molecule has 3 aliphatic rings. The maximum Gasteiger partial charge on any atom is 0.290 e. The van der Waals surface area contributed by atoms with Crippen molar-refractivity contribution in [2.24, 2.45) is 0 Å². The molecule has 7 nitrogen and oxygen atoms in total. The molecule has 3 heterocycles. The van der Waals surface area contributed by atoms with Crippen LogP contribution in [0.25, 0.3) is 5.69 Å². The Balaban J connectivity index is 1.33. The number of nitrogens with zero attached hydrogens (tertiary/aromatic N) is 4. The van der Waals surface area contributed by atoms with Gasteiger partial charge in [0, 0.05) is 30.3 Å². The van der Waals surface area contributed by atoms with E-state index in [0.717, 1.165) is 61.0 Å². The van der Waals surface area contributed by atoms with Crippen molar-refractivity contribution in [3.63, 3.8) is 0 Å². The van der Waals surface area contributed by atoms with Crippen LogP contribution >= 0.6 is 0 Å². The summed E-state index contributed by atoms with van der Waals surface area (Å²) in [6.07, 6.45) is 7.89. The summed E-state index contributed by atoms with van der Waals surface area (Å²) in [5, 5.41) is 11.8. The number of fused-ring (bicyclic) bond motifs is 2. The van der Waals surface area contributed by atoms with Gasteiger partial charge in [0.15, 0.2) is 0 Å². The molecule has 6 rings (SSSR count). The number of nitrogens with one attached hydrogen (secondary N) is 1. The van der Waals surface area contributed by atoms with Crippen molar-refractivity contribution < 1.29 is 13.7 Å².